The van der Waals surface area contributed by atoms with Crippen molar-refractivity contribution in [2.75, 3.05) is 13.2 Å². The molecule has 31 heavy (non-hydrogen) atoms. The lowest BCUT2D eigenvalue weighted by Crippen LogP contribution is -2.33. The van der Waals surface area contributed by atoms with Crippen LogP contribution < -0.4 is 0 Å². The molecule has 0 bridgehead atoms. The fourth-order valence-electron chi connectivity index (χ4n) is 4.15. The molecule has 4 nitrogen and oxygen atoms in total. The molecule has 162 valence electrons. The van der Waals surface area contributed by atoms with Crippen LogP contribution >= 0.6 is 0 Å². The second-order valence-corrected chi connectivity index (χ2v) is 13.6. The van der Waals surface area contributed by atoms with Gasteiger partial charge in [0.2, 0.25) is 0 Å². The molecular formula is C26H30O4Si. The summed E-state index contributed by atoms with van der Waals surface area (Å²) >= 11 is 0. The number of fused-ring (bicyclic) bond motifs is 3. The Bertz CT molecular complexity index is 1030. The van der Waals surface area contributed by atoms with Crippen molar-refractivity contribution in [1.82, 2.24) is 0 Å². The monoisotopic (exact) mass is 434 g/mol. The topological polar surface area (TPSA) is 52.6 Å². The third-order valence-electron chi connectivity index (χ3n) is 5.35. The first-order valence-corrected chi connectivity index (χ1v) is 14.3. The Hall–Kier alpha value is -2.84. The summed E-state index contributed by atoms with van der Waals surface area (Å²) < 4.78 is 10.6. The molecule has 0 heterocycles. The van der Waals surface area contributed by atoms with Crippen molar-refractivity contribution < 1.29 is 19.1 Å². The van der Waals surface area contributed by atoms with Gasteiger partial charge < -0.3 is 9.47 Å². The Kier molecular flexibility index (Phi) is 6.71. The van der Waals surface area contributed by atoms with Crippen molar-refractivity contribution in [1.29, 1.82) is 0 Å². The van der Waals surface area contributed by atoms with Gasteiger partial charge in [-0.3, -0.25) is 9.59 Å². The maximum Gasteiger partial charge on any atom is 0.307 e. The molecule has 0 fully saturated rings. The highest BCUT2D eigenvalue weighted by Gasteiger charge is 2.47. The number of carbonyl (C=O) groups excluding carboxylic acids is 2. The van der Waals surface area contributed by atoms with E-state index in [-0.39, 0.29) is 24.8 Å². The molecule has 3 rings (SSSR count). The van der Waals surface area contributed by atoms with Crippen molar-refractivity contribution in [2.24, 2.45) is 0 Å². The third kappa shape index (κ3) is 4.91. The van der Waals surface area contributed by atoms with Gasteiger partial charge >= 0.3 is 11.9 Å². The maximum atomic E-state index is 12.7. The van der Waals surface area contributed by atoms with E-state index >= 15 is 0 Å². The van der Waals surface area contributed by atoms with Gasteiger partial charge in [0.15, 0.2) is 0 Å². The maximum absolute atomic E-state index is 12.7. The minimum atomic E-state index is -1.55. The lowest BCUT2D eigenvalue weighted by atomic mass is 9.72. The average molecular weight is 435 g/mol. The van der Waals surface area contributed by atoms with Gasteiger partial charge in [-0.2, -0.15) is 0 Å². The number of ether oxygens (including phenoxy) is 2. The van der Waals surface area contributed by atoms with E-state index in [2.05, 4.69) is 37.2 Å². The van der Waals surface area contributed by atoms with Gasteiger partial charge in [0, 0.05) is 11.0 Å². The Morgan fingerprint density at radius 2 is 1.45 bits per heavy atom. The van der Waals surface area contributed by atoms with E-state index in [1.807, 2.05) is 36.4 Å². The van der Waals surface area contributed by atoms with Gasteiger partial charge in [0.05, 0.1) is 26.1 Å². The fourth-order valence-corrected chi connectivity index (χ4v) is 4.67. The standard InChI is InChI=1S/C26H30O4Si/c1-6-29-24(27)17-26(18-25(28)30-7-2)22-11-9-8-10-20(22)21-13-12-19(16-23(21)26)14-15-31(3,4)5/h8-13,16H,6-7,17-18H2,1-5H3. The van der Waals surface area contributed by atoms with Crippen molar-refractivity contribution in [3.05, 3.63) is 59.2 Å². The predicted molar refractivity (Wildman–Crippen MR) is 125 cm³/mol. The highest BCUT2D eigenvalue weighted by Crippen LogP contribution is 2.53. The van der Waals surface area contributed by atoms with Crippen LogP contribution in [0.1, 0.15) is 43.4 Å². The molecule has 0 spiro atoms. The molecule has 0 N–H and O–H groups in total. The van der Waals surface area contributed by atoms with Crippen LogP contribution in [0.2, 0.25) is 19.6 Å². The number of hydrogen-bond donors (Lipinski definition) is 0. The van der Waals surface area contributed by atoms with Gasteiger partial charge in [0.25, 0.3) is 0 Å². The summed E-state index contributed by atoms with van der Waals surface area (Å²) in [5, 5.41) is 0. The number of hydrogen-bond acceptors (Lipinski definition) is 4. The molecule has 0 saturated carbocycles. The summed E-state index contributed by atoms with van der Waals surface area (Å²) in [6.45, 7) is 10.8. The first-order chi connectivity index (χ1) is 14.7. The van der Waals surface area contributed by atoms with E-state index in [0.29, 0.717) is 13.2 Å². The molecule has 2 aromatic carbocycles. The first-order valence-electron chi connectivity index (χ1n) is 10.8. The highest BCUT2D eigenvalue weighted by molar-refractivity contribution is 6.83. The Morgan fingerprint density at radius 1 is 0.871 bits per heavy atom. The number of esters is 2. The largest absolute Gasteiger partial charge is 0.466 e. The summed E-state index contributed by atoms with van der Waals surface area (Å²) in [5.41, 5.74) is 7.44. The average Bonchev–Trinajstić information content (AvgIpc) is 2.96. The zero-order valence-electron chi connectivity index (χ0n) is 19.0. The zero-order chi connectivity index (χ0) is 22.6. The van der Waals surface area contributed by atoms with Gasteiger partial charge in [-0.1, -0.05) is 55.9 Å². The quantitative estimate of drug-likeness (QED) is 0.361. The van der Waals surface area contributed by atoms with E-state index < -0.39 is 13.5 Å². The van der Waals surface area contributed by atoms with Crippen molar-refractivity contribution in [2.45, 2.75) is 51.7 Å². The van der Waals surface area contributed by atoms with E-state index in [1.165, 1.54) is 0 Å². The molecule has 5 heteroatoms. The van der Waals surface area contributed by atoms with Crippen LogP contribution in [0.25, 0.3) is 11.1 Å². The third-order valence-corrected chi connectivity index (χ3v) is 6.23. The summed E-state index contributed by atoms with van der Waals surface area (Å²) in [7, 11) is -1.55. The first kappa shape index (κ1) is 22.8. The molecular weight excluding hydrogens is 404 g/mol. The van der Waals surface area contributed by atoms with E-state index in [4.69, 9.17) is 9.47 Å². The summed E-state index contributed by atoms with van der Waals surface area (Å²) in [5.74, 6) is 2.66. The summed E-state index contributed by atoms with van der Waals surface area (Å²) in [6.07, 6.45) is 0.156. The van der Waals surface area contributed by atoms with Crippen molar-refractivity contribution in [3.8, 4) is 22.6 Å². The molecule has 0 atom stereocenters. The molecule has 2 aromatic rings. The van der Waals surface area contributed by atoms with Gasteiger partial charge in [0.1, 0.15) is 8.07 Å². The van der Waals surface area contributed by atoms with Crippen LogP contribution in [0.5, 0.6) is 0 Å². The Balaban J connectivity index is 2.21. The molecule has 0 saturated heterocycles. The molecule has 0 unspecified atom stereocenters. The second kappa shape index (κ2) is 9.11. The lowest BCUT2D eigenvalue weighted by Gasteiger charge is -2.30. The second-order valence-electron chi connectivity index (χ2n) is 8.85. The van der Waals surface area contributed by atoms with Crippen molar-refractivity contribution >= 4 is 20.0 Å². The Morgan fingerprint density at radius 3 is 2.03 bits per heavy atom. The van der Waals surface area contributed by atoms with Crippen LogP contribution in [-0.4, -0.2) is 33.2 Å². The summed E-state index contributed by atoms with van der Waals surface area (Å²) in [6, 6.07) is 14.1. The van der Waals surface area contributed by atoms with Crippen LogP contribution in [0, 0.1) is 11.5 Å². The van der Waals surface area contributed by atoms with Crippen LogP contribution in [0.3, 0.4) is 0 Å². The highest BCUT2D eigenvalue weighted by atomic mass is 28.3. The van der Waals surface area contributed by atoms with Gasteiger partial charge in [-0.05, 0) is 48.2 Å². The van der Waals surface area contributed by atoms with Crippen LogP contribution in [-0.2, 0) is 24.5 Å². The SMILES string of the molecule is CCOC(=O)CC1(CC(=O)OCC)c2ccccc2-c2ccc(C#C[Si](C)(C)C)cc21. The molecule has 1 aliphatic carbocycles. The van der Waals surface area contributed by atoms with E-state index in [9.17, 15) is 9.59 Å². The molecule has 0 aromatic heterocycles. The van der Waals surface area contributed by atoms with Crippen molar-refractivity contribution in [3.63, 3.8) is 0 Å². The van der Waals surface area contributed by atoms with Gasteiger partial charge in [-0.15, -0.1) is 5.54 Å². The fraction of sp³-hybridized carbons (Fsp3) is 0.385. The van der Waals surface area contributed by atoms with E-state index in [1.54, 1.807) is 13.8 Å². The minimum Gasteiger partial charge on any atom is -0.466 e. The zero-order valence-corrected chi connectivity index (χ0v) is 20.0. The van der Waals surface area contributed by atoms with Crippen LogP contribution in [0.15, 0.2) is 42.5 Å². The molecule has 1 aliphatic rings. The normalized spacial score (nSPS) is 13.5. The smallest absolute Gasteiger partial charge is 0.307 e. The number of carbonyl (C=O) groups is 2. The molecule has 0 radical (unpaired) electrons. The number of rotatable bonds is 6. The number of benzene rings is 2. The Labute approximate surface area is 186 Å². The predicted octanol–water partition coefficient (Wildman–Crippen LogP) is 5.09. The lowest BCUT2D eigenvalue weighted by molar-refractivity contribution is -0.147. The summed E-state index contributed by atoms with van der Waals surface area (Å²) in [4.78, 5) is 25.4. The van der Waals surface area contributed by atoms with E-state index in [0.717, 1.165) is 27.8 Å². The van der Waals surface area contributed by atoms with Gasteiger partial charge in [-0.25, -0.2) is 0 Å². The van der Waals surface area contributed by atoms with Crippen LogP contribution in [0.4, 0.5) is 0 Å². The molecule has 0 aliphatic heterocycles. The minimum absolute atomic E-state index is 0.0779. The molecule has 0 amide bonds.